The third-order valence-electron chi connectivity index (χ3n) is 2.58. The molecule has 0 aromatic carbocycles. The minimum Gasteiger partial charge on any atom is -0.465 e. The molecule has 0 unspecified atom stereocenters. The monoisotopic (exact) mass is 256 g/mol. The maximum Gasteiger partial charge on any atom is 0.320 e. The molecule has 0 fully saturated rings. The molecule has 0 bridgehead atoms. The predicted octanol–water partition coefficient (Wildman–Crippen LogP) is 2.72. The van der Waals surface area contributed by atoms with Gasteiger partial charge in [-0.05, 0) is 32.6 Å². The molecule has 18 heavy (non-hydrogen) atoms. The summed E-state index contributed by atoms with van der Waals surface area (Å²) in [6, 6.07) is 0. The van der Waals surface area contributed by atoms with Crippen LogP contribution in [-0.4, -0.2) is 25.2 Å². The van der Waals surface area contributed by atoms with E-state index in [1.165, 1.54) is 0 Å². The van der Waals surface area contributed by atoms with Crippen LogP contribution >= 0.6 is 0 Å². The van der Waals surface area contributed by atoms with E-state index < -0.39 is 23.3 Å². The van der Waals surface area contributed by atoms with Gasteiger partial charge in [-0.3, -0.25) is 9.59 Å². The Labute approximate surface area is 109 Å². The van der Waals surface area contributed by atoms with Crippen molar-refractivity contribution in [1.29, 1.82) is 0 Å². The van der Waals surface area contributed by atoms with Crippen LogP contribution in [0.25, 0.3) is 0 Å². The quantitative estimate of drug-likeness (QED) is 0.399. The zero-order valence-corrected chi connectivity index (χ0v) is 12.0. The van der Waals surface area contributed by atoms with E-state index in [1.807, 2.05) is 20.8 Å². The maximum absolute atomic E-state index is 11.9. The van der Waals surface area contributed by atoms with Gasteiger partial charge in [0.2, 0.25) is 0 Å². The summed E-state index contributed by atoms with van der Waals surface area (Å²) in [5.41, 5.74) is 0.350. The largest absolute Gasteiger partial charge is 0.465 e. The highest BCUT2D eigenvalue weighted by atomic mass is 16.6. The number of rotatable bonds is 7. The van der Waals surface area contributed by atoms with Crippen molar-refractivity contribution < 1.29 is 19.1 Å². The van der Waals surface area contributed by atoms with Crippen molar-refractivity contribution in [3.8, 4) is 0 Å². The number of esters is 2. The molecule has 0 aliphatic rings. The fourth-order valence-electron chi connectivity index (χ4n) is 2.07. The number of ether oxygens (including phenoxy) is 2. The van der Waals surface area contributed by atoms with Crippen LogP contribution in [0.2, 0.25) is 0 Å². The van der Waals surface area contributed by atoms with Crippen molar-refractivity contribution >= 4 is 11.9 Å². The van der Waals surface area contributed by atoms with Gasteiger partial charge in [0.05, 0.1) is 13.2 Å². The molecule has 0 aromatic rings. The smallest absolute Gasteiger partial charge is 0.320 e. The van der Waals surface area contributed by atoms with Gasteiger partial charge in [0.25, 0.3) is 0 Å². The van der Waals surface area contributed by atoms with Crippen LogP contribution in [0, 0.1) is 11.3 Å². The molecule has 0 radical (unpaired) electrons. The minimum absolute atomic E-state index is 0.248. The molecule has 104 valence electrons. The molecule has 0 N–H and O–H groups in total. The van der Waals surface area contributed by atoms with Gasteiger partial charge in [-0.1, -0.05) is 19.4 Å². The zero-order valence-electron chi connectivity index (χ0n) is 12.0. The molecular weight excluding hydrogens is 232 g/mol. The van der Waals surface area contributed by atoms with E-state index in [0.717, 1.165) is 5.57 Å². The summed E-state index contributed by atoms with van der Waals surface area (Å²) in [6.45, 7) is 13.3. The van der Waals surface area contributed by atoms with E-state index in [4.69, 9.17) is 9.47 Å². The predicted molar refractivity (Wildman–Crippen MR) is 70.0 cm³/mol. The van der Waals surface area contributed by atoms with Crippen molar-refractivity contribution in [1.82, 2.24) is 0 Å². The Kier molecular flexibility index (Phi) is 6.66. The third kappa shape index (κ3) is 4.90. The minimum atomic E-state index is -0.908. The summed E-state index contributed by atoms with van der Waals surface area (Å²) in [6.07, 6.45) is 0.565. The number of carbonyl (C=O) groups excluding carboxylic acids is 2. The Morgan fingerprint density at radius 1 is 1.11 bits per heavy atom. The van der Waals surface area contributed by atoms with Gasteiger partial charge in [-0.15, -0.1) is 6.58 Å². The van der Waals surface area contributed by atoms with Crippen LogP contribution in [0.4, 0.5) is 0 Å². The molecule has 0 saturated carbocycles. The summed E-state index contributed by atoms with van der Waals surface area (Å²) >= 11 is 0. The lowest BCUT2D eigenvalue weighted by molar-refractivity contribution is -0.167. The third-order valence-corrected chi connectivity index (χ3v) is 2.58. The van der Waals surface area contributed by atoms with E-state index >= 15 is 0 Å². The summed E-state index contributed by atoms with van der Waals surface area (Å²) in [4.78, 5) is 23.9. The van der Waals surface area contributed by atoms with Crippen molar-refractivity contribution in [3.63, 3.8) is 0 Å². The number of hydrogen-bond acceptors (Lipinski definition) is 4. The SMILES string of the molecule is C=C(C)CC(C)(C)C(C(=O)OCC)C(=O)OCC. The highest BCUT2D eigenvalue weighted by Crippen LogP contribution is 2.35. The molecule has 4 nitrogen and oxygen atoms in total. The van der Waals surface area contributed by atoms with E-state index in [-0.39, 0.29) is 13.2 Å². The van der Waals surface area contributed by atoms with E-state index in [0.29, 0.717) is 6.42 Å². The molecule has 0 heterocycles. The van der Waals surface area contributed by atoms with Crippen LogP contribution in [0.1, 0.15) is 41.0 Å². The Hall–Kier alpha value is -1.32. The molecular formula is C14H24O4. The maximum atomic E-state index is 11.9. The van der Waals surface area contributed by atoms with E-state index in [9.17, 15) is 9.59 Å². The second kappa shape index (κ2) is 7.19. The first kappa shape index (κ1) is 16.7. The molecule has 0 atom stereocenters. The van der Waals surface area contributed by atoms with Crippen LogP contribution in [0.15, 0.2) is 12.2 Å². The highest BCUT2D eigenvalue weighted by molar-refractivity contribution is 5.95. The molecule has 0 amide bonds. The normalized spacial score (nSPS) is 11.2. The first-order chi connectivity index (χ1) is 8.26. The van der Waals surface area contributed by atoms with Gasteiger partial charge < -0.3 is 9.47 Å². The molecule has 0 aliphatic heterocycles. The highest BCUT2D eigenvalue weighted by Gasteiger charge is 2.43. The standard InChI is InChI=1S/C14H24O4/c1-7-17-12(15)11(13(16)18-8-2)14(5,6)9-10(3)4/h11H,3,7-9H2,1-2,4-6H3. The van der Waals surface area contributed by atoms with E-state index in [2.05, 4.69) is 6.58 Å². The van der Waals surface area contributed by atoms with Crippen LogP contribution in [0.3, 0.4) is 0 Å². The Morgan fingerprint density at radius 3 is 1.78 bits per heavy atom. The molecule has 0 aromatic heterocycles. The van der Waals surface area contributed by atoms with Gasteiger partial charge in [0.15, 0.2) is 5.92 Å². The first-order valence-electron chi connectivity index (χ1n) is 6.23. The summed E-state index contributed by atoms with van der Waals surface area (Å²) < 4.78 is 9.94. The van der Waals surface area contributed by atoms with Crippen molar-refractivity contribution in [2.75, 3.05) is 13.2 Å². The van der Waals surface area contributed by atoms with Crippen molar-refractivity contribution in [2.45, 2.75) is 41.0 Å². The lowest BCUT2D eigenvalue weighted by Gasteiger charge is -2.31. The van der Waals surface area contributed by atoms with Crippen LogP contribution in [-0.2, 0) is 19.1 Å². The second-order valence-electron chi connectivity index (χ2n) is 5.06. The molecule has 0 rings (SSSR count). The van der Waals surface area contributed by atoms with Gasteiger partial charge in [0, 0.05) is 0 Å². The number of allylic oxidation sites excluding steroid dienone is 1. The van der Waals surface area contributed by atoms with Gasteiger partial charge in [0.1, 0.15) is 0 Å². The molecule has 0 spiro atoms. The molecule has 0 saturated heterocycles. The first-order valence-corrected chi connectivity index (χ1v) is 6.23. The van der Waals surface area contributed by atoms with Crippen LogP contribution < -0.4 is 0 Å². The number of carbonyl (C=O) groups is 2. The van der Waals surface area contributed by atoms with E-state index in [1.54, 1.807) is 13.8 Å². The van der Waals surface area contributed by atoms with Gasteiger partial charge in [-0.25, -0.2) is 0 Å². The van der Waals surface area contributed by atoms with Crippen LogP contribution in [0.5, 0.6) is 0 Å². The average molecular weight is 256 g/mol. The fourth-order valence-corrected chi connectivity index (χ4v) is 2.07. The average Bonchev–Trinajstić information content (AvgIpc) is 2.15. The van der Waals surface area contributed by atoms with Crippen molar-refractivity contribution in [3.05, 3.63) is 12.2 Å². The van der Waals surface area contributed by atoms with Gasteiger partial charge in [-0.2, -0.15) is 0 Å². The second-order valence-corrected chi connectivity index (χ2v) is 5.06. The summed E-state index contributed by atoms with van der Waals surface area (Å²) in [7, 11) is 0. The van der Waals surface area contributed by atoms with Crippen molar-refractivity contribution in [2.24, 2.45) is 11.3 Å². The Balaban J connectivity index is 5.12. The van der Waals surface area contributed by atoms with Gasteiger partial charge >= 0.3 is 11.9 Å². The Bertz CT molecular complexity index is 300. The topological polar surface area (TPSA) is 52.6 Å². The lowest BCUT2D eigenvalue weighted by Crippen LogP contribution is -2.40. The molecule has 4 heteroatoms. The number of hydrogen-bond donors (Lipinski definition) is 0. The zero-order chi connectivity index (χ0) is 14.3. The lowest BCUT2D eigenvalue weighted by atomic mass is 9.74. The molecule has 0 aliphatic carbocycles. The fraction of sp³-hybridized carbons (Fsp3) is 0.714. The Morgan fingerprint density at radius 2 is 1.50 bits per heavy atom. The summed E-state index contributed by atoms with van der Waals surface area (Å²) in [5.74, 6) is -1.96. The summed E-state index contributed by atoms with van der Waals surface area (Å²) in [5, 5.41) is 0.